The Bertz CT molecular complexity index is 384. The van der Waals surface area contributed by atoms with Crippen LogP contribution in [0, 0.1) is 11.7 Å². The Morgan fingerprint density at radius 3 is 2.82 bits per heavy atom. The van der Waals surface area contributed by atoms with E-state index in [4.69, 9.17) is 23.2 Å². The lowest BCUT2D eigenvalue weighted by molar-refractivity contribution is 0.489. The van der Waals surface area contributed by atoms with Crippen LogP contribution in [0.4, 0.5) is 4.39 Å². The van der Waals surface area contributed by atoms with Gasteiger partial charge >= 0.3 is 0 Å². The fourth-order valence-electron chi connectivity index (χ4n) is 2.28. The van der Waals surface area contributed by atoms with E-state index in [-0.39, 0.29) is 5.82 Å². The molecule has 2 atom stereocenters. The number of hydrogen-bond acceptors (Lipinski definition) is 1. The Hall–Kier alpha value is -0.310. The minimum absolute atomic E-state index is 0.292. The first-order valence-electron chi connectivity index (χ1n) is 5.94. The van der Waals surface area contributed by atoms with E-state index in [1.165, 1.54) is 18.6 Å². The van der Waals surface area contributed by atoms with Gasteiger partial charge in [0.2, 0.25) is 0 Å². The second-order valence-electron chi connectivity index (χ2n) is 4.64. The number of nitrogens with one attached hydrogen (secondary N) is 1. The first-order valence-corrected chi connectivity index (χ1v) is 6.75. The average molecular weight is 276 g/mol. The number of alkyl halides is 1. The van der Waals surface area contributed by atoms with Crippen molar-refractivity contribution in [2.45, 2.75) is 31.2 Å². The number of rotatable bonds is 4. The van der Waals surface area contributed by atoms with E-state index < -0.39 is 0 Å². The molecule has 0 bridgehead atoms. The predicted octanol–water partition coefficient (Wildman–Crippen LogP) is 3.98. The van der Waals surface area contributed by atoms with Crippen LogP contribution in [-0.4, -0.2) is 11.9 Å². The fraction of sp³-hybridized carbons (Fsp3) is 0.538. The third-order valence-electron chi connectivity index (χ3n) is 3.24. The molecule has 1 saturated carbocycles. The Morgan fingerprint density at radius 2 is 2.18 bits per heavy atom. The summed E-state index contributed by atoms with van der Waals surface area (Å²) >= 11 is 12.0. The van der Waals surface area contributed by atoms with Crippen molar-refractivity contribution in [1.82, 2.24) is 5.32 Å². The van der Waals surface area contributed by atoms with E-state index in [1.807, 2.05) is 0 Å². The van der Waals surface area contributed by atoms with E-state index in [9.17, 15) is 4.39 Å². The van der Waals surface area contributed by atoms with Crippen LogP contribution < -0.4 is 5.32 Å². The van der Waals surface area contributed by atoms with Gasteiger partial charge in [0.15, 0.2) is 0 Å². The second-order valence-corrected chi connectivity index (χ2v) is 5.67. The molecule has 2 unspecified atom stereocenters. The molecule has 0 heterocycles. The molecule has 1 nitrogen and oxygen atoms in total. The van der Waals surface area contributed by atoms with Gasteiger partial charge in [-0.1, -0.05) is 17.7 Å². The minimum Gasteiger partial charge on any atom is -0.312 e. The molecule has 0 spiro atoms. The van der Waals surface area contributed by atoms with Crippen molar-refractivity contribution in [3.05, 3.63) is 34.6 Å². The van der Waals surface area contributed by atoms with E-state index in [0.717, 1.165) is 24.9 Å². The molecular formula is C13H16Cl2FN. The fourth-order valence-corrected chi connectivity index (χ4v) is 2.89. The zero-order chi connectivity index (χ0) is 12.3. The van der Waals surface area contributed by atoms with Crippen LogP contribution >= 0.6 is 23.2 Å². The molecule has 0 aliphatic heterocycles. The molecule has 2 rings (SSSR count). The van der Waals surface area contributed by atoms with E-state index in [1.54, 1.807) is 6.07 Å². The summed E-state index contributed by atoms with van der Waals surface area (Å²) in [6.45, 7) is 1.64. The first kappa shape index (κ1) is 13.1. The van der Waals surface area contributed by atoms with Crippen LogP contribution in [0.2, 0.25) is 5.02 Å². The van der Waals surface area contributed by atoms with Crippen molar-refractivity contribution in [1.29, 1.82) is 0 Å². The van der Waals surface area contributed by atoms with Crippen molar-refractivity contribution in [3.63, 3.8) is 0 Å². The van der Waals surface area contributed by atoms with E-state index in [2.05, 4.69) is 5.32 Å². The zero-order valence-electron chi connectivity index (χ0n) is 9.56. The molecule has 1 fully saturated rings. The molecular weight excluding hydrogens is 260 g/mol. The summed E-state index contributed by atoms with van der Waals surface area (Å²) in [5.74, 6) is 0.372. The SMILES string of the molecule is Fc1ccc(CNCC2CCC(Cl)C2)c(Cl)c1. The van der Waals surface area contributed by atoms with Crippen molar-refractivity contribution < 1.29 is 4.39 Å². The van der Waals surface area contributed by atoms with Gasteiger partial charge in [-0.05, 0) is 49.4 Å². The Morgan fingerprint density at radius 1 is 1.35 bits per heavy atom. The molecule has 1 N–H and O–H groups in total. The van der Waals surface area contributed by atoms with Gasteiger partial charge in [0.25, 0.3) is 0 Å². The van der Waals surface area contributed by atoms with Crippen molar-refractivity contribution >= 4 is 23.2 Å². The lowest BCUT2D eigenvalue weighted by Gasteiger charge is -2.11. The number of benzene rings is 1. The van der Waals surface area contributed by atoms with Gasteiger partial charge < -0.3 is 5.32 Å². The van der Waals surface area contributed by atoms with Gasteiger partial charge in [-0.15, -0.1) is 11.6 Å². The largest absolute Gasteiger partial charge is 0.312 e. The average Bonchev–Trinajstić information content (AvgIpc) is 2.68. The maximum Gasteiger partial charge on any atom is 0.124 e. The maximum absolute atomic E-state index is 12.8. The minimum atomic E-state index is -0.292. The third-order valence-corrected chi connectivity index (χ3v) is 3.99. The van der Waals surface area contributed by atoms with Gasteiger partial charge in [-0.2, -0.15) is 0 Å². The monoisotopic (exact) mass is 275 g/mol. The van der Waals surface area contributed by atoms with Gasteiger partial charge in [0.05, 0.1) is 0 Å². The topological polar surface area (TPSA) is 12.0 Å². The summed E-state index contributed by atoms with van der Waals surface area (Å²) in [6.07, 6.45) is 3.40. The molecule has 0 radical (unpaired) electrons. The van der Waals surface area contributed by atoms with Crippen LogP contribution in [0.5, 0.6) is 0 Å². The van der Waals surface area contributed by atoms with E-state index >= 15 is 0 Å². The quantitative estimate of drug-likeness (QED) is 0.820. The third kappa shape index (κ3) is 3.84. The molecule has 0 aromatic heterocycles. The molecule has 94 valence electrons. The summed E-state index contributed by atoms with van der Waals surface area (Å²) in [5.41, 5.74) is 0.938. The molecule has 4 heteroatoms. The normalized spacial score (nSPS) is 24.2. The highest BCUT2D eigenvalue weighted by atomic mass is 35.5. The Kier molecular flexibility index (Phi) is 4.66. The Labute approximate surface area is 111 Å². The smallest absolute Gasteiger partial charge is 0.124 e. The molecule has 1 aromatic rings. The molecule has 17 heavy (non-hydrogen) atoms. The van der Waals surface area contributed by atoms with Gasteiger partial charge in [-0.25, -0.2) is 4.39 Å². The summed E-state index contributed by atoms with van der Waals surface area (Å²) in [4.78, 5) is 0. The standard InChI is InChI=1S/C13H16Cl2FN/c14-11-3-1-9(5-11)7-17-8-10-2-4-12(16)6-13(10)15/h2,4,6,9,11,17H,1,3,5,7-8H2. The highest BCUT2D eigenvalue weighted by molar-refractivity contribution is 6.31. The highest BCUT2D eigenvalue weighted by Gasteiger charge is 2.22. The molecule has 1 aromatic carbocycles. The number of hydrogen-bond donors (Lipinski definition) is 1. The molecule has 1 aliphatic rings. The van der Waals surface area contributed by atoms with Crippen molar-refractivity contribution in [2.75, 3.05) is 6.54 Å². The second kappa shape index (κ2) is 6.03. The van der Waals surface area contributed by atoms with Crippen LogP contribution in [0.1, 0.15) is 24.8 Å². The van der Waals surface area contributed by atoms with Gasteiger partial charge in [0.1, 0.15) is 5.82 Å². The highest BCUT2D eigenvalue weighted by Crippen LogP contribution is 2.28. The summed E-state index contributed by atoms with van der Waals surface area (Å²) < 4.78 is 12.8. The number of halogens is 3. The van der Waals surface area contributed by atoms with Crippen LogP contribution in [-0.2, 0) is 6.54 Å². The van der Waals surface area contributed by atoms with Crippen LogP contribution in [0.25, 0.3) is 0 Å². The molecule has 0 saturated heterocycles. The molecule has 0 amide bonds. The Balaban J connectivity index is 1.78. The summed E-state index contributed by atoms with van der Waals surface area (Å²) in [7, 11) is 0. The van der Waals surface area contributed by atoms with Crippen LogP contribution in [0.3, 0.4) is 0 Å². The summed E-state index contributed by atoms with van der Waals surface area (Å²) in [6, 6.07) is 4.51. The van der Waals surface area contributed by atoms with E-state index in [0.29, 0.717) is 22.9 Å². The maximum atomic E-state index is 12.8. The van der Waals surface area contributed by atoms with Crippen molar-refractivity contribution in [3.8, 4) is 0 Å². The zero-order valence-corrected chi connectivity index (χ0v) is 11.1. The van der Waals surface area contributed by atoms with Crippen LogP contribution in [0.15, 0.2) is 18.2 Å². The van der Waals surface area contributed by atoms with Crippen molar-refractivity contribution in [2.24, 2.45) is 5.92 Å². The molecule has 1 aliphatic carbocycles. The van der Waals surface area contributed by atoms with Gasteiger partial charge in [-0.3, -0.25) is 0 Å². The lowest BCUT2D eigenvalue weighted by atomic mass is 10.1. The predicted molar refractivity (Wildman–Crippen MR) is 70.1 cm³/mol. The summed E-state index contributed by atoms with van der Waals surface area (Å²) in [5, 5.41) is 4.19. The lowest BCUT2D eigenvalue weighted by Crippen LogP contribution is -2.21. The van der Waals surface area contributed by atoms with Gasteiger partial charge in [0, 0.05) is 16.9 Å². The first-order chi connectivity index (χ1) is 8.15.